The number of aryl methyl sites for hydroxylation is 3. The highest BCUT2D eigenvalue weighted by molar-refractivity contribution is 5.61. The van der Waals surface area contributed by atoms with Crippen LogP contribution >= 0.6 is 0 Å². The molecular weight excluding hydrogens is 326 g/mol. The van der Waals surface area contributed by atoms with Crippen molar-refractivity contribution in [2.24, 2.45) is 0 Å². The minimum absolute atomic E-state index is 0.253. The van der Waals surface area contributed by atoms with Crippen molar-refractivity contribution in [1.29, 1.82) is 0 Å². The molecule has 3 aromatic rings. The number of rotatable bonds is 4. The summed E-state index contributed by atoms with van der Waals surface area (Å²) in [6.07, 6.45) is 0. The number of nitrogens with zero attached hydrogens (tertiary/aromatic N) is 2. The van der Waals surface area contributed by atoms with Crippen molar-refractivity contribution in [3.8, 4) is 0 Å². The van der Waals surface area contributed by atoms with E-state index in [-0.39, 0.29) is 5.95 Å². The van der Waals surface area contributed by atoms with Gasteiger partial charge in [-0.05, 0) is 55.7 Å². The standard InChI is InChI=1S/C18H19N5O.C2H6/c1-11-9-13(3)15(10-12(11)2)20-17-21-16(22-18(24)23-17)19-14-7-5-4-6-8-14;1-2/h4-10H,1-3H3,(H3,19,20,21,22,23,24);1-2H3. The summed E-state index contributed by atoms with van der Waals surface area (Å²) in [4.78, 5) is 22.6. The second-order valence-corrected chi connectivity index (χ2v) is 5.69. The topological polar surface area (TPSA) is 82.7 Å². The molecule has 0 saturated heterocycles. The molecule has 3 rings (SSSR count). The highest BCUT2D eigenvalue weighted by atomic mass is 16.1. The van der Waals surface area contributed by atoms with Gasteiger partial charge in [0.05, 0.1) is 0 Å². The average molecular weight is 351 g/mol. The molecule has 6 nitrogen and oxygen atoms in total. The van der Waals surface area contributed by atoms with E-state index >= 15 is 0 Å². The Hall–Kier alpha value is -3.15. The van der Waals surface area contributed by atoms with Gasteiger partial charge >= 0.3 is 5.69 Å². The van der Waals surface area contributed by atoms with E-state index in [0.717, 1.165) is 22.5 Å². The average Bonchev–Trinajstić information content (AvgIpc) is 2.62. The van der Waals surface area contributed by atoms with Crippen molar-refractivity contribution in [1.82, 2.24) is 15.0 Å². The summed E-state index contributed by atoms with van der Waals surface area (Å²) in [5, 5.41) is 6.18. The second-order valence-electron chi connectivity index (χ2n) is 5.69. The number of nitrogens with one attached hydrogen (secondary N) is 3. The molecular formula is C20H25N5O. The summed E-state index contributed by atoms with van der Waals surface area (Å²) in [6, 6.07) is 13.6. The molecule has 0 aliphatic heterocycles. The van der Waals surface area contributed by atoms with E-state index in [2.05, 4.69) is 38.6 Å². The number of para-hydroxylation sites is 1. The van der Waals surface area contributed by atoms with Crippen molar-refractivity contribution < 1.29 is 0 Å². The van der Waals surface area contributed by atoms with E-state index < -0.39 is 5.69 Å². The third-order valence-corrected chi connectivity index (χ3v) is 3.77. The van der Waals surface area contributed by atoms with E-state index in [1.54, 1.807) is 0 Å². The van der Waals surface area contributed by atoms with Gasteiger partial charge in [-0.1, -0.05) is 38.1 Å². The molecule has 1 heterocycles. The molecule has 136 valence electrons. The second kappa shape index (κ2) is 8.80. The maximum atomic E-state index is 11.8. The molecule has 0 unspecified atom stereocenters. The fourth-order valence-corrected chi connectivity index (χ4v) is 2.37. The largest absolute Gasteiger partial charge is 0.351 e. The van der Waals surface area contributed by atoms with Gasteiger partial charge in [-0.15, -0.1) is 0 Å². The summed E-state index contributed by atoms with van der Waals surface area (Å²) in [7, 11) is 0. The van der Waals surface area contributed by atoms with Gasteiger partial charge in [0, 0.05) is 11.4 Å². The Morgan fingerprint density at radius 1 is 0.846 bits per heavy atom. The first kappa shape index (κ1) is 19.2. The highest BCUT2D eigenvalue weighted by Gasteiger charge is 2.07. The molecule has 0 bridgehead atoms. The van der Waals surface area contributed by atoms with Crippen LogP contribution in [0.2, 0.25) is 0 Å². The van der Waals surface area contributed by atoms with E-state index in [1.165, 1.54) is 5.56 Å². The predicted octanol–water partition coefficient (Wildman–Crippen LogP) is 4.60. The van der Waals surface area contributed by atoms with Crippen LogP contribution in [-0.4, -0.2) is 15.0 Å². The van der Waals surface area contributed by atoms with Crippen LogP contribution in [0.25, 0.3) is 0 Å². The molecule has 1 aromatic heterocycles. The van der Waals surface area contributed by atoms with Crippen LogP contribution in [0.4, 0.5) is 23.3 Å². The number of hydrogen-bond donors (Lipinski definition) is 3. The van der Waals surface area contributed by atoms with Gasteiger partial charge in [-0.2, -0.15) is 9.97 Å². The third kappa shape index (κ3) is 4.92. The van der Waals surface area contributed by atoms with E-state index in [9.17, 15) is 4.79 Å². The number of hydrogen-bond acceptors (Lipinski definition) is 5. The molecule has 0 aliphatic carbocycles. The smallest absolute Gasteiger partial charge is 0.326 e. The molecule has 0 fully saturated rings. The van der Waals surface area contributed by atoms with Gasteiger partial charge in [0.15, 0.2) is 0 Å². The number of benzene rings is 2. The number of aromatic amines is 1. The first-order valence-corrected chi connectivity index (χ1v) is 8.66. The fraction of sp³-hybridized carbons (Fsp3) is 0.250. The Morgan fingerprint density at radius 2 is 1.50 bits per heavy atom. The van der Waals surface area contributed by atoms with Gasteiger partial charge < -0.3 is 10.6 Å². The Morgan fingerprint density at radius 3 is 2.19 bits per heavy atom. The quantitative estimate of drug-likeness (QED) is 0.640. The first-order chi connectivity index (χ1) is 12.5. The van der Waals surface area contributed by atoms with Crippen LogP contribution in [0.3, 0.4) is 0 Å². The lowest BCUT2D eigenvalue weighted by atomic mass is 10.1. The fourth-order valence-electron chi connectivity index (χ4n) is 2.37. The molecule has 0 aliphatic rings. The zero-order chi connectivity index (χ0) is 19.1. The minimum Gasteiger partial charge on any atom is -0.326 e. The molecule has 0 amide bonds. The molecule has 0 spiro atoms. The maximum Gasteiger partial charge on any atom is 0.351 e. The first-order valence-electron chi connectivity index (χ1n) is 8.66. The summed E-state index contributed by atoms with van der Waals surface area (Å²) >= 11 is 0. The van der Waals surface area contributed by atoms with Crippen molar-refractivity contribution in [2.75, 3.05) is 10.6 Å². The number of aromatic nitrogens is 3. The monoisotopic (exact) mass is 351 g/mol. The van der Waals surface area contributed by atoms with Crippen molar-refractivity contribution in [3.05, 3.63) is 69.6 Å². The van der Waals surface area contributed by atoms with Gasteiger partial charge in [0.25, 0.3) is 0 Å². The van der Waals surface area contributed by atoms with Gasteiger partial charge in [-0.25, -0.2) is 4.79 Å². The van der Waals surface area contributed by atoms with Crippen LogP contribution in [0.15, 0.2) is 47.3 Å². The summed E-state index contributed by atoms with van der Waals surface area (Å²) in [5.41, 5.74) is 4.70. The van der Waals surface area contributed by atoms with Crippen molar-refractivity contribution in [2.45, 2.75) is 34.6 Å². The Balaban J connectivity index is 0.00000117. The molecule has 6 heteroatoms. The Labute approximate surface area is 153 Å². The van der Waals surface area contributed by atoms with Crippen molar-refractivity contribution >= 4 is 23.3 Å². The van der Waals surface area contributed by atoms with Gasteiger partial charge in [-0.3, -0.25) is 4.98 Å². The third-order valence-electron chi connectivity index (χ3n) is 3.77. The summed E-state index contributed by atoms with van der Waals surface area (Å²) in [6.45, 7) is 10.1. The van der Waals surface area contributed by atoms with Crippen LogP contribution in [0.1, 0.15) is 30.5 Å². The number of anilines is 4. The summed E-state index contributed by atoms with van der Waals surface area (Å²) in [5.74, 6) is 0.591. The van der Waals surface area contributed by atoms with E-state index in [4.69, 9.17) is 0 Å². The molecule has 3 N–H and O–H groups in total. The van der Waals surface area contributed by atoms with E-state index in [1.807, 2.05) is 64.1 Å². The molecule has 2 aromatic carbocycles. The van der Waals surface area contributed by atoms with Gasteiger partial charge in [0.2, 0.25) is 11.9 Å². The van der Waals surface area contributed by atoms with Crippen LogP contribution < -0.4 is 16.3 Å². The van der Waals surface area contributed by atoms with Crippen LogP contribution in [-0.2, 0) is 0 Å². The van der Waals surface area contributed by atoms with Crippen LogP contribution in [0.5, 0.6) is 0 Å². The zero-order valence-electron chi connectivity index (χ0n) is 15.8. The summed E-state index contributed by atoms with van der Waals surface area (Å²) < 4.78 is 0. The molecule has 0 saturated carbocycles. The normalized spacial score (nSPS) is 9.88. The molecule has 0 radical (unpaired) electrons. The predicted molar refractivity (Wildman–Crippen MR) is 108 cm³/mol. The molecule has 26 heavy (non-hydrogen) atoms. The van der Waals surface area contributed by atoms with Crippen LogP contribution in [0, 0.1) is 20.8 Å². The SMILES string of the molecule is CC.Cc1cc(C)c(Nc2nc(Nc3ccccc3)[nH]c(=O)n2)cc1C. The lowest BCUT2D eigenvalue weighted by Crippen LogP contribution is -2.16. The van der Waals surface area contributed by atoms with E-state index in [0.29, 0.717) is 5.95 Å². The zero-order valence-corrected chi connectivity index (χ0v) is 15.8. The number of H-pyrrole nitrogens is 1. The minimum atomic E-state index is -0.465. The molecule has 0 atom stereocenters. The Bertz CT molecular complexity index is 919. The lowest BCUT2D eigenvalue weighted by molar-refractivity contribution is 1.000. The lowest BCUT2D eigenvalue weighted by Gasteiger charge is -2.12. The van der Waals surface area contributed by atoms with Gasteiger partial charge in [0.1, 0.15) is 0 Å². The Kier molecular flexibility index (Phi) is 6.49. The maximum absolute atomic E-state index is 11.8. The highest BCUT2D eigenvalue weighted by Crippen LogP contribution is 2.22. The van der Waals surface area contributed by atoms with Crippen molar-refractivity contribution in [3.63, 3.8) is 0 Å².